The highest BCUT2D eigenvalue weighted by atomic mass is 32.1. The molecule has 7 nitrogen and oxygen atoms in total. The molecule has 37 heavy (non-hydrogen) atoms. The summed E-state index contributed by atoms with van der Waals surface area (Å²) >= 11 is 1.74. The number of carbonyl (C=O) groups is 2. The van der Waals surface area contributed by atoms with Crippen LogP contribution in [-0.4, -0.2) is 52.3 Å². The highest BCUT2D eigenvalue weighted by Gasteiger charge is 2.43. The van der Waals surface area contributed by atoms with E-state index in [9.17, 15) is 14.9 Å². The van der Waals surface area contributed by atoms with Gasteiger partial charge in [-0.05, 0) is 80.5 Å². The SMILES string of the molecule is N#Cc1ccc(CN(Cc2cccs2)C2CCN(C(=O)C3CC3)[C@@H](C(=O)NC3CCC(N)CC3)C2)cc1. The third kappa shape index (κ3) is 6.59. The molecule has 2 saturated carbocycles. The normalized spacial score (nSPS) is 26.0. The van der Waals surface area contributed by atoms with Crippen molar-refractivity contribution in [2.45, 2.75) is 88.6 Å². The van der Waals surface area contributed by atoms with Crippen LogP contribution in [0.25, 0.3) is 0 Å². The van der Waals surface area contributed by atoms with Crippen molar-refractivity contribution < 1.29 is 9.59 Å². The summed E-state index contributed by atoms with van der Waals surface area (Å²) in [4.78, 5) is 32.4. The fourth-order valence-electron chi connectivity index (χ4n) is 5.75. The molecule has 3 aliphatic rings. The molecule has 3 fully saturated rings. The second-order valence-electron chi connectivity index (χ2n) is 10.9. The molecule has 2 heterocycles. The molecular weight excluding hydrogens is 482 g/mol. The Kier molecular flexibility index (Phi) is 8.23. The summed E-state index contributed by atoms with van der Waals surface area (Å²) in [6, 6.07) is 14.3. The van der Waals surface area contributed by atoms with E-state index >= 15 is 0 Å². The van der Waals surface area contributed by atoms with Crippen LogP contribution in [0.2, 0.25) is 0 Å². The number of nitriles is 1. The Labute approximate surface area is 223 Å². The van der Waals surface area contributed by atoms with Gasteiger partial charge in [0.2, 0.25) is 11.8 Å². The zero-order valence-corrected chi connectivity index (χ0v) is 22.2. The van der Waals surface area contributed by atoms with Crippen LogP contribution in [0.5, 0.6) is 0 Å². The zero-order valence-electron chi connectivity index (χ0n) is 21.4. The number of amides is 2. The van der Waals surface area contributed by atoms with Crippen LogP contribution < -0.4 is 11.1 Å². The number of rotatable bonds is 8. The standard InChI is InChI=1S/C29H37N5O2S/c30-17-20-3-5-21(6-4-20)18-33(19-26-2-1-15-37-26)25-13-14-34(29(36)22-7-8-22)27(16-25)28(35)32-24-11-9-23(31)10-12-24/h1-6,15,22-25,27H,7-14,16,18-19,31H2,(H,32,35)/t23?,24?,25?,27-/m1/s1. The predicted molar refractivity (Wildman–Crippen MR) is 144 cm³/mol. The van der Waals surface area contributed by atoms with Crippen LogP contribution in [0.3, 0.4) is 0 Å². The topological polar surface area (TPSA) is 102 Å². The van der Waals surface area contributed by atoms with E-state index in [1.165, 1.54) is 4.88 Å². The van der Waals surface area contributed by atoms with Gasteiger partial charge in [-0.3, -0.25) is 14.5 Å². The van der Waals surface area contributed by atoms with E-state index < -0.39 is 6.04 Å². The number of piperidine rings is 1. The highest BCUT2D eigenvalue weighted by molar-refractivity contribution is 7.09. The van der Waals surface area contributed by atoms with Gasteiger partial charge in [0.1, 0.15) is 6.04 Å². The summed E-state index contributed by atoms with van der Waals surface area (Å²) in [5.41, 5.74) is 7.87. The van der Waals surface area contributed by atoms with E-state index in [4.69, 9.17) is 5.73 Å². The Morgan fingerprint density at radius 3 is 2.46 bits per heavy atom. The molecule has 1 aliphatic heterocycles. The number of nitrogens with zero attached hydrogens (tertiary/aromatic N) is 3. The average molecular weight is 520 g/mol. The Bertz CT molecular complexity index is 1100. The lowest BCUT2D eigenvalue weighted by molar-refractivity contribution is -0.145. The van der Waals surface area contributed by atoms with Crippen molar-refractivity contribution in [2.24, 2.45) is 11.7 Å². The first-order chi connectivity index (χ1) is 18.0. The number of benzene rings is 1. The smallest absolute Gasteiger partial charge is 0.243 e. The summed E-state index contributed by atoms with van der Waals surface area (Å²) in [6.07, 6.45) is 7.05. The molecular formula is C29H37N5O2S. The molecule has 0 spiro atoms. The van der Waals surface area contributed by atoms with Gasteiger partial charge in [0.15, 0.2) is 0 Å². The maximum absolute atomic E-state index is 13.6. The number of carbonyl (C=O) groups excluding carboxylic acids is 2. The van der Waals surface area contributed by atoms with E-state index in [-0.39, 0.29) is 35.9 Å². The van der Waals surface area contributed by atoms with Gasteiger partial charge in [-0.1, -0.05) is 18.2 Å². The lowest BCUT2D eigenvalue weighted by Crippen LogP contribution is -2.58. The summed E-state index contributed by atoms with van der Waals surface area (Å²) < 4.78 is 0. The third-order valence-corrected chi connectivity index (χ3v) is 8.99. The molecule has 2 atom stereocenters. The lowest BCUT2D eigenvalue weighted by Gasteiger charge is -2.43. The molecule has 0 bridgehead atoms. The summed E-state index contributed by atoms with van der Waals surface area (Å²) in [5.74, 6) is 0.246. The van der Waals surface area contributed by atoms with E-state index in [2.05, 4.69) is 33.8 Å². The van der Waals surface area contributed by atoms with Crippen molar-refractivity contribution in [1.82, 2.24) is 15.1 Å². The lowest BCUT2D eigenvalue weighted by atomic mass is 9.90. The molecule has 1 aromatic carbocycles. The summed E-state index contributed by atoms with van der Waals surface area (Å²) in [5, 5.41) is 14.6. The Morgan fingerprint density at radius 2 is 1.81 bits per heavy atom. The fraction of sp³-hybridized carbons (Fsp3) is 0.552. The largest absolute Gasteiger partial charge is 0.352 e. The third-order valence-electron chi connectivity index (χ3n) is 8.13. The van der Waals surface area contributed by atoms with Gasteiger partial charge in [-0.15, -0.1) is 11.3 Å². The predicted octanol–water partition coefficient (Wildman–Crippen LogP) is 3.78. The van der Waals surface area contributed by atoms with Gasteiger partial charge in [0.05, 0.1) is 11.6 Å². The molecule has 1 aromatic heterocycles. The first-order valence-corrected chi connectivity index (χ1v) is 14.5. The molecule has 2 amide bonds. The molecule has 2 aliphatic carbocycles. The molecule has 196 valence electrons. The molecule has 2 aromatic rings. The first-order valence-electron chi connectivity index (χ1n) is 13.6. The van der Waals surface area contributed by atoms with Gasteiger partial charge >= 0.3 is 0 Å². The van der Waals surface area contributed by atoms with Gasteiger partial charge in [-0.2, -0.15) is 5.26 Å². The number of nitrogens with two attached hydrogens (primary N) is 1. The van der Waals surface area contributed by atoms with Crippen molar-refractivity contribution in [3.8, 4) is 6.07 Å². The maximum atomic E-state index is 13.6. The molecule has 1 unspecified atom stereocenters. The summed E-state index contributed by atoms with van der Waals surface area (Å²) in [7, 11) is 0. The first kappa shape index (κ1) is 25.9. The van der Waals surface area contributed by atoms with Crippen molar-refractivity contribution in [1.29, 1.82) is 5.26 Å². The van der Waals surface area contributed by atoms with Gasteiger partial charge in [0, 0.05) is 48.6 Å². The second-order valence-corrected chi connectivity index (χ2v) is 11.9. The van der Waals surface area contributed by atoms with E-state index in [1.807, 2.05) is 29.2 Å². The molecule has 1 saturated heterocycles. The number of hydrogen-bond acceptors (Lipinski definition) is 6. The molecule has 5 rings (SSSR count). The van der Waals surface area contributed by atoms with E-state index in [0.29, 0.717) is 18.5 Å². The monoisotopic (exact) mass is 519 g/mol. The van der Waals surface area contributed by atoms with Crippen LogP contribution >= 0.6 is 11.3 Å². The minimum atomic E-state index is -0.436. The molecule has 0 radical (unpaired) electrons. The highest BCUT2D eigenvalue weighted by Crippen LogP contribution is 2.35. The van der Waals surface area contributed by atoms with Crippen LogP contribution in [0.1, 0.15) is 67.4 Å². The Balaban J connectivity index is 1.33. The van der Waals surface area contributed by atoms with Gasteiger partial charge in [-0.25, -0.2) is 0 Å². The van der Waals surface area contributed by atoms with Gasteiger partial charge in [0.25, 0.3) is 0 Å². The molecule has 8 heteroatoms. The maximum Gasteiger partial charge on any atom is 0.243 e. The zero-order chi connectivity index (χ0) is 25.8. The summed E-state index contributed by atoms with van der Waals surface area (Å²) in [6.45, 7) is 2.15. The average Bonchev–Trinajstić information content (AvgIpc) is 3.65. The Morgan fingerprint density at radius 1 is 1.05 bits per heavy atom. The van der Waals surface area contributed by atoms with Gasteiger partial charge < -0.3 is 16.0 Å². The quantitative estimate of drug-likeness (QED) is 0.553. The van der Waals surface area contributed by atoms with E-state index in [1.54, 1.807) is 11.3 Å². The van der Waals surface area contributed by atoms with Crippen molar-refractivity contribution >= 4 is 23.2 Å². The van der Waals surface area contributed by atoms with Crippen LogP contribution in [0.15, 0.2) is 41.8 Å². The number of thiophene rings is 1. The fourth-order valence-corrected chi connectivity index (χ4v) is 6.48. The van der Waals surface area contributed by atoms with E-state index in [0.717, 1.165) is 63.6 Å². The molecule has 3 N–H and O–H groups in total. The second kappa shape index (κ2) is 11.8. The number of likely N-dealkylation sites (tertiary alicyclic amines) is 1. The van der Waals surface area contributed by atoms with Crippen molar-refractivity contribution in [2.75, 3.05) is 6.54 Å². The van der Waals surface area contributed by atoms with Crippen LogP contribution in [0.4, 0.5) is 0 Å². The number of nitrogens with one attached hydrogen (secondary N) is 1. The van der Waals surface area contributed by atoms with Crippen LogP contribution in [-0.2, 0) is 22.7 Å². The minimum absolute atomic E-state index is 0.00591. The minimum Gasteiger partial charge on any atom is -0.352 e. The number of hydrogen-bond donors (Lipinski definition) is 2. The van der Waals surface area contributed by atoms with Crippen molar-refractivity contribution in [3.05, 3.63) is 57.8 Å². The van der Waals surface area contributed by atoms with Crippen molar-refractivity contribution in [3.63, 3.8) is 0 Å². The van der Waals surface area contributed by atoms with Crippen LogP contribution in [0, 0.1) is 17.2 Å². The Hall–Kier alpha value is -2.73.